The molecule has 3 N–H and O–H groups in total. The number of amides is 1. The van der Waals surface area contributed by atoms with E-state index in [2.05, 4.69) is 15.5 Å². The molecule has 0 aliphatic carbocycles. The number of aromatic nitrogens is 2. The van der Waals surface area contributed by atoms with E-state index in [-0.39, 0.29) is 19.0 Å². The predicted octanol–water partition coefficient (Wildman–Crippen LogP) is 0.600. The normalized spacial score (nSPS) is 10.8. The summed E-state index contributed by atoms with van der Waals surface area (Å²) in [5.41, 5.74) is 0.753. The number of carbonyl (C=O) groups excluding carboxylic acids is 1. The lowest BCUT2D eigenvalue weighted by Gasteiger charge is -2.08. The van der Waals surface area contributed by atoms with E-state index in [1.165, 1.54) is 0 Å². The minimum atomic E-state index is -4.38. The molecule has 0 aliphatic rings. The van der Waals surface area contributed by atoms with Gasteiger partial charge in [0.1, 0.15) is 6.54 Å². The van der Waals surface area contributed by atoms with E-state index in [4.69, 9.17) is 0 Å². The lowest BCUT2D eigenvalue weighted by molar-refractivity contribution is -0.137. The van der Waals surface area contributed by atoms with Crippen LogP contribution in [-0.4, -0.2) is 35.4 Å². The van der Waals surface area contributed by atoms with Gasteiger partial charge in [-0.3, -0.25) is 9.89 Å². The Hall–Kier alpha value is -1.28. The predicted molar refractivity (Wildman–Crippen MR) is 56.6 cm³/mol. The number of rotatable bonds is 5. The van der Waals surface area contributed by atoms with Gasteiger partial charge in [0.05, 0.1) is 6.54 Å². The van der Waals surface area contributed by atoms with Gasteiger partial charge in [0.25, 0.3) is 0 Å². The summed E-state index contributed by atoms with van der Waals surface area (Å²) in [7, 11) is 0. The number of hydrogen-bond donors (Lipinski definition) is 3. The SMILES string of the molecule is Cl.O=C(CNCc1ccn[nH]1)NCC(F)(F)F. The van der Waals surface area contributed by atoms with Gasteiger partial charge in [-0.1, -0.05) is 0 Å². The Morgan fingerprint density at radius 2 is 2.18 bits per heavy atom. The monoisotopic (exact) mass is 272 g/mol. The average molecular weight is 273 g/mol. The Kier molecular flexibility index (Phi) is 6.59. The quantitative estimate of drug-likeness (QED) is 0.735. The Morgan fingerprint density at radius 1 is 1.47 bits per heavy atom. The molecule has 0 fully saturated rings. The molecular weight excluding hydrogens is 261 g/mol. The van der Waals surface area contributed by atoms with Crippen molar-refractivity contribution in [2.24, 2.45) is 0 Å². The molecule has 0 bridgehead atoms. The molecule has 1 aromatic rings. The Balaban J connectivity index is 0.00000256. The van der Waals surface area contributed by atoms with Gasteiger partial charge in [0.2, 0.25) is 5.91 Å². The Bertz CT molecular complexity index is 328. The molecule has 0 spiro atoms. The molecule has 0 aliphatic heterocycles. The molecule has 0 radical (unpaired) electrons. The highest BCUT2D eigenvalue weighted by molar-refractivity contribution is 5.85. The summed E-state index contributed by atoms with van der Waals surface area (Å²) in [4.78, 5) is 10.9. The Morgan fingerprint density at radius 3 is 2.71 bits per heavy atom. The molecule has 0 saturated heterocycles. The maximum Gasteiger partial charge on any atom is 0.405 e. The van der Waals surface area contributed by atoms with Crippen LogP contribution in [0.3, 0.4) is 0 Å². The highest BCUT2D eigenvalue weighted by Gasteiger charge is 2.27. The van der Waals surface area contributed by atoms with E-state index in [9.17, 15) is 18.0 Å². The van der Waals surface area contributed by atoms with Crippen molar-refractivity contribution in [3.8, 4) is 0 Å². The molecule has 1 heterocycles. The summed E-state index contributed by atoms with van der Waals surface area (Å²) < 4.78 is 35.1. The summed E-state index contributed by atoms with van der Waals surface area (Å²) in [5.74, 6) is -0.697. The van der Waals surface area contributed by atoms with Crippen molar-refractivity contribution in [1.82, 2.24) is 20.8 Å². The zero-order valence-corrected chi connectivity index (χ0v) is 9.49. The minimum absolute atomic E-state index is 0. The lowest BCUT2D eigenvalue weighted by atomic mass is 10.4. The molecule has 17 heavy (non-hydrogen) atoms. The molecule has 0 unspecified atom stereocenters. The van der Waals surface area contributed by atoms with E-state index in [0.29, 0.717) is 6.54 Å². The second kappa shape index (κ2) is 7.13. The van der Waals surface area contributed by atoms with Crippen LogP contribution in [-0.2, 0) is 11.3 Å². The number of hydrogen-bond acceptors (Lipinski definition) is 3. The van der Waals surface area contributed by atoms with Crippen LogP contribution in [0.2, 0.25) is 0 Å². The summed E-state index contributed by atoms with van der Waals surface area (Å²) in [6.45, 7) is -1.13. The number of nitrogens with zero attached hydrogens (tertiary/aromatic N) is 1. The first-order valence-corrected chi connectivity index (χ1v) is 4.50. The van der Waals surface area contributed by atoms with Gasteiger partial charge in [0.15, 0.2) is 0 Å². The second-order valence-electron chi connectivity index (χ2n) is 3.08. The van der Waals surface area contributed by atoms with Crippen LogP contribution in [0.1, 0.15) is 5.69 Å². The molecule has 0 atom stereocenters. The maximum absolute atomic E-state index is 11.7. The second-order valence-corrected chi connectivity index (χ2v) is 3.08. The molecular formula is C8H12ClF3N4O. The Labute approximate surface area is 102 Å². The number of nitrogens with one attached hydrogen (secondary N) is 3. The first-order chi connectivity index (χ1) is 7.47. The smallest absolute Gasteiger partial charge is 0.346 e. The van der Waals surface area contributed by atoms with Crippen molar-refractivity contribution in [2.45, 2.75) is 12.7 Å². The van der Waals surface area contributed by atoms with Crippen LogP contribution in [0.5, 0.6) is 0 Å². The zero-order chi connectivity index (χ0) is 12.0. The third-order valence-corrected chi connectivity index (χ3v) is 1.65. The summed E-state index contributed by atoms with van der Waals surface area (Å²) in [6, 6.07) is 1.70. The fourth-order valence-corrected chi connectivity index (χ4v) is 0.955. The van der Waals surface area contributed by atoms with Crippen molar-refractivity contribution in [3.05, 3.63) is 18.0 Å². The first kappa shape index (κ1) is 15.7. The van der Waals surface area contributed by atoms with Gasteiger partial charge < -0.3 is 10.6 Å². The summed E-state index contributed by atoms with van der Waals surface area (Å²) in [5, 5.41) is 10.7. The van der Waals surface area contributed by atoms with Crippen LogP contribution in [0.25, 0.3) is 0 Å². The van der Waals surface area contributed by atoms with Crippen molar-refractivity contribution >= 4 is 18.3 Å². The van der Waals surface area contributed by atoms with E-state index >= 15 is 0 Å². The number of halogens is 4. The van der Waals surface area contributed by atoms with Crippen molar-refractivity contribution in [1.29, 1.82) is 0 Å². The fourth-order valence-electron chi connectivity index (χ4n) is 0.955. The number of carbonyl (C=O) groups is 1. The van der Waals surface area contributed by atoms with Crippen molar-refractivity contribution in [3.63, 3.8) is 0 Å². The average Bonchev–Trinajstić information content (AvgIpc) is 2.66. The highest BCUT2D eigenvalue weighted by Crippen LogP contribution is 2.11. The lowest BCUT2D eigenvalue weighted by Crippen LogP contribution is -2.39. The van der Waals surface area contributed by atoms with Crippen LogP contribution < -0.4 is 10.6 Å². The molecule has 1 aromatic heterocycles. The van der Waals surface area contributed by atoms with Crippen LogP contribution in [0.15, 0.2) is 12.3 Å². The summed E-state index contributed by atoms with van der Waals surface area (Å²) in [6.07, 6.45) is -2.83. The van der Waals surface area contributed by atoms with Gasteiger partial charge >= 0.3 is 6.18 Å². The molecule has 1 amide bonds. The molecule has 0 aromatic carbocycles. The van der Waals surface area contributed by atoms with Gasteiger partial charge in [-0.2, -0.15) is 18.3 Å². The zero-order valence-electron chi connectivity index (χ0n) is 8.67. The van der Waals surface area contributed by atoms with Crippen molar-refractivity contribution in [2.75, 3.05) is 13.1 Å². The molecule has 1 rings (SSSR count). The van der Waals surface area contributed by atoms with Gasteiger partial charge in [-0.25, -0.2) is 0 Å². The van der Waals surface area contributed by atoms with Crippen LogP contribution >= 0.6 is 12.4 Å². The third kappa shape index (κ3) is 7.58. The van der Waals surface area contributed by atoms with Gasteiger partial charge in [-0.05, 0) is 6.07 Å². The van der Waals surface area contributed by atoms with E-state index in [0.717, 1.165) is 5.69 Å². The highest BCUT2D eigenvalue weighted by atomic mass is 35.5. The largest absolute Gasteiger partial charge is 0.405 e. The van der Waals surface area contributed by atoms with E-state index in [1.54, 1.807) is 17.6 Å². The number of alkyl halides is 3. The number of H-pyrrole nitrogens is 1. The maximum atomic E-state index is 11.7. The first-order valence-electron chi connectivity index (χ1n) is 4.50. The minimum Gasteiger partial charge on any atom is -0.346 e. The molecule has 9 heteroatoms. The molecule has 5 nitrogen and oxygen atoms in total. The van der Waals surface area contributed by atoms with E-state index in [1.807, 2.05) is 0 Å². The molecule has 0 saturated carbocycles. The summed E-state index contributed by atoms with van der Waals surface area (Å²) >= 11 is 0. The van der Waals surface area contributed by atoms with Crippen molar-refractivity contribution < 1.29 is 18.0 Å². The van der Waals surface area contributed by atoms with Gasteiger partial charge in [0, 0.05) is 18.4 Å². The fraction of sp³-hybridized carbons (Fsp3) is 0.500. The van der Waals surface area contributed by atoms with Gasteiger partial charge in [-0.15, -0.1) is 12.4 Å². The number of aromatic amines is 1. The topological polar surface area (TPSA) is 69.8 Å². The van der Waals surface area contributed by atoms with Crippen LogP contribution in [0.4, 0.5) is 13.2 Å². The van der Waals surface area contributed by atoms with Crippen LogP contribution in [0, 0.1) is 0 Å². The standard InChI is InChI=1S/C8H11F3N4O.ClH/c9-8(10,11)5-13-7(16)4-12-3-6-1-2-14-15-6;/h1-2,12H,3-5H2,(H,13,16)(H,14,15);1H. The molecule has 98 valence electrons. The van der Waals surface area contributed by atoms with E-state index < -0.39 is 18.6 Å². The third-order valence-electron chi connectivity index (χ3n) is 1.65.